The van der Waals surface area contributed by atoms with Crippen LogP contribution in [0.1, 0.15) is 110 Å². The number of aliphatic imine (C=N–C) groups is 1. The van der Waals surface area contributed by atoms with Gasteiger partial charge in [0.1, 0.15) is 20.2 Å². The summed E-state index contributed by atoms with van der Waals surface area (Å²) in [6, 6.07) is 7.46. The van der Waals surface area contributed by atoms with E-state index in [4.69, 9.17) is 14.6 Å². The highest BCUT2D eigenvalue weighted by Gasteiger charge is 2.44. The predicted molar refractivity (Wildman–Crippen MR) is 257 cm³/mol. The smallest absolute Gasteiger partial charge is 0.333 e. The van der Waals surface area contributed by atoms with Crippen molar-refractivity contribution in [2.24, 2.45) is 10.4 Å². The van der Waals surface area contributed by atoms with Crippen molar-refractivity contribution in [1.29, 1.82) is 0 Å². The monoisotopic (exact) mass is 1150 g/mol. The fourth-order valence-electron chi connectivity index (χ4n) is 9.01. The first kappa shape index (κ1) is 57.9. The van der Waals surface area contributed by atoms with E-state index in [1.54, 1.807) is 50.8 Å². The minimum absolute atomic E-state index is 0.0235. The van der Waals surface area contributed by atoms with Crippen molar-refractivity contribution in [2.75, 3.05) is 36.7 Å². The zero-order valence-electron chi connectivity index (χ0n) is 39.2. The Morgan fingerprint density at radius 2 is 1.41 bits per heavy atom. The molecule has 384 valence electrons. The molecule has 0 aromatic heterocycles. The molecule has 2 aliphatic heterocycles. The lowest BCUT2D eigenvalue weighted by Gasteiger charge is -2.37. The van der Waals surface area contributed by atoms with Gasteiger partial charge < -0.3 is 32.7 Å². The largest absolute Gasteiger partial charge is 0.748 e. The Kier molecular flexibility index (Phi) is 18.5. The zero-order chi connectivity index (χ0) is 52.2. The number of imide groups is 1. The molecule has 20 nitrogen and oxygen atoms in total. The lowest BCUT2D eigenvalue weighted by atomic mass is 9.73. The van der Waals surface area contributed by atoms with E-state index in [0.717, 1.165) is 12.1 Å². The fraction of sp³-hybridized carbons (Fsp3) is 0.545. The molecule has 1 fully saturated rings. The molecule has 0 spiro atoms. The Labute approximate surface area is 418 Å². The molecule has 0 aliphatic carbocycles. The standard InChI is InChI=1S/C44H60IN3O17S4/c1-41(2,22-19-40(51)65-48-38(49)17-18-39(48)50)29-42(3,4)46-36(43(5,20-9-25-66(52,53)54)32-27-30(68(58,59)60)13-15-34(32)45)11-8-12-37-44(6,21-10-26-67(55,56)57)33-28-31(69(61,62)63)14-16-35(33)47(37)23-24-64-7/h8,11-16,27-28H,9-10,17-26,29H2,1-7H3,(H,52,53,54)(H,55,56,57)(H,58,59,60)(H,61,62,63)/p-4/b11-8+,37-12+,46-36?. The number of hydrogen-bond donors (Lipinski definition) is 0. The summed E-state index contributed by atoms with van der Waals surface area (Å²) in [7, 11) is -18.0. The molecule has 2 heterocycles. The predicted octanol–water partition coefficient (Wildman–Crippen LogP) is 4.90. The number of rotatable bonds is 24. The number of fused-ring (bicyclic) bond motifs is 1. The third-order valence-electron chi connectivity index (χ3n) is 12.1. The minimum Gasteiger partial charge on any atom is -0.748 e. The Bertz CT molecular complexity index is 2850. The highest BCUT2D eigenvalue weighted by atomic mass is 127. The first-order chi connectivity index (χ1) is 31.5. The molecule has 0 bridgehead atoms. The number of nitrogens with zero attached hydrogens (tertiary/aromatic N) is 3. The SMILES string of the molecule is COCCN1/C(=C/C=C/C(=NC(C)(C)CC(C)(C)CCC(=O)ON2C(=O)CCC2=O)C(C)(CCCS(=O)(=O)[O-])c2cc(S(=O)(=O)[O-])ccc2I)C(C)(CCCS(=O)(=O)[O-])c2cc(S(=O)(=O)[O-])ccc21. The molecule has 0 N–H and O–H groups in total. The third-order valence-corrected chi connectivity index (χ3v) is 16.3. The number of hydroxylamine groups is 2. The van der Waals surface area contributed by atoms with Crippen molar-refractivity contribution in [2.45, 2.75) is 125 Å². The fourth-order valence-corrected chi connectivity index (χ4v) is 11.9. The van der Waals surface area contributed by atoms with Crippen molar-refractivity contribution in [1.82, 2.24) is 5.06 Å². The molecule has 2 amide bonds. The number of anilines is 1. The van der Waals surface area contributed by atoms with Gasteiger partial charge in [0.25, 0.3) is 11.8 Å². The van der Waals surface area contributed by atoms with Gasteiger partial charge in [0, 0.05) is 75.9 Å². The maximum Gasteiger partial charge on any atom is 0.333 e. The van der Waals surface area contributed by atoms with E-state index in [1.165, 1.54) is 31.4 Å². The molecule has 1 saturated heterocycles. The van der Waals surface area contributed by atoms with Crippen LogP contribution in [0.25, 0.3) is 0 Å². The van der Waals surface area contributed by atoms with Gasteiger partial charge in [0.15, 0.2) is 0 Å². The molecular formula is C44H56IN3O17S4-4. The Hall–Kier alpha value is -3.67. The van der Waals surface area contributed by atoms with E-state index in [2.05, 4.69) is 0 Å². The summed E-state index contributed by atoms with van der Waals surface area (Å²) in [6.45, 7) is 10.9. The number of carbonyl (C=O) groups is 3. The van der Waals surface area contributed by atoms with Gasteiger partial charge in [-0.25, -0.2) is 38.5 Å². The van der Waals surface area contributed by atoms with Crippen molar-refractivity contribution >= 4 is 92.2 Å². The van der Waals surface area contributed by atoms with Crippen LogP contribution in [-0.4, -0.2) is 118 Å². The van der Waals surface area contributed by atoms with Crippen LogP contribution in [0.15, 0.2) is 75.1 Å². The molecule has 69 heavy (non-hydrogen) atoms. The van der Waals surface area contributed by atoms with E-state index in [9.17, 15) is 66.3 Å². The molecule has 2 atom stereocenters. The molecule has 2 aliphatic rings. The van der Waals surface area contributed by atoms with Crippen molar-refractivity contribution in [3.8, 4) is 0 Å². The summed E-state index contributed by atoms with van der Waals surface area (Å²) in [6.07, 6.45) is 4.28. The molecule has 4 rings (SSSR count). The summed E-state index contributed by atoms with van der Waals surface area (Å²) >= 11 is 1.94. The molecular weight excluding hydrogens is 1100 g/mol. The van der Waals surface area contributed by atoms with Gasteiger partial charge in [-0.3, -0.25) is 14.6 Å². The van der Waals surface area contributed by atoms with Gasteiger partial charge in [-0.05, 0) is 154 Å². The van der Waals surface area contributed by atoms with Crippen LogP contribution in [0, 0.1) is 8.99 Å². The van der Waals surface area contributed by atoms with Crippen LogP contribution >= 0.6 is 22.6 Å². The van der Waals surface area contributed by atoms with E-state index >= 15 is 0 Å². The van der Waals surface area contributed by atoms with Gasteiger partial charge in [0.2, 0.25) is 0 Å². The average Bonchev–Trinajstić information content (AvgIpc) is 3.63. The minimum atomic E-state index is -5.04. The maximum atomic E-state index is 12.8. The normalized spacial score (nSPS) is 19.2. The second-order valence-corrected chi connectivity index (χ2v) is 25.8. The van der Waals surface area contributed by atoms with Gasteiger partial charge >= 0.3 is 5.97 Å². The van der Waals surface area contributed by atoms with Crippen LogP contribution in [-0.2, 0) is 75.3 Å². The molecule has 2 aromatic rings. The van der Waals surface area contributed by atoms with Crippen molar-refractivity contribution in [3.05, 3.63) is 75.0 Å². The van der Waals surface area contributed by atoms with Crippen molar-refractivity contribution < 1.29 is 75.8 Å². The Balaban J connectivity index is 1.96. The number of hydrogen-bond acceptors (Lipinski definition) is 19. The molecule has 25 heteroatoms. The third kappa shape index (κ3) is 15.7. The number of ether oxygens (including phenoxy) is 1. The van der Waals surface area contributed by atoms with Gasteiger partial charge in [0.05, 0.1) is 42.2 Å². The van der Waals surface area contributed by atoms with Crippen LogP contribution < -0.4 is 4.90 Å². The van der Waals surface area contributed by atoms with Crippen LogP contribution in [0.4, 0.5) is 5.69 Å². The number of amides is 2. The molecule has 0 saturated carbocycles. The summed E-state index contributed by atoms with van der Waals surface area (Å²) in [5, 5.41) is 0.458. The van der Waals surface area contributed by atoms with E-state index in [1.807, 2.05) is 36.4 Å². The van der Waals surface area contributed by atoms with E-state index in [0.29, 0.717) is 25.6 Å². The quantitative estimate of drug-likeness (QED) is 0.0584. The van der Waals surface area contributed by atoms with E-state index < -0.39 is 101 Å². The summed E-state index contributed by atoms with van der Waals surface area (Å²) in [5.41, 5.74) is -2.79. The second-order valence-electron chi connectivity index (χ2n) is 18.9. The lowest BCUT2D eigenvalue weighted by Crippen LogP contribution is -2.37. The number of allylic oxidation sites excluding steroid dienone is 4. The molecule has 2 aromatic carbocycles. The first-order valence-electron chi connectivity index (χ1n) is 21.6. The highest BCUT2D eigenvalue weighted by molar-refractivity contribution is 14.1. The number of benzene rings is 2. The van der Waals surface area contributed by atoms with Gasteiger partial charge in [-0.15, -0.1) is 5.06 Å². The Morgan fingerprint density at radius 3 is 1.97 bits per heavy atom. The van der Waals surface area contributed by atoms with Crippen molar-refractivity contribution in [3.63, 3.8) is 0 Å². The Morgan fingerprint density at radius 1 is 0.841 bits per heavy atom. The highest BCUT2D eigenvalue weighted by Crippen LogP contribution is 2.51. The van der Waals surface area contributed by atoms with Gasteiger partial charge in [-0.2, -0.15) is 0 Å². The van der Waals surface area contributed by atoms with Crippen LogP contribution in [0.5, 0.6) is 0 Å². The zero-order valence-corrected chi connectivity index (χ0v) is 44.6. The average molecular weight is 1150 g/mol. The van der Waals surface area contributed by atoms with Crippen LogP contribution in [0.2, 0.25) is 0 Å². The van der Waals surface area contributed by atoms with E-state index in [-0.39, 0.29) is 82.2 Å². The molecule has 2 unspecified atom stereocenters. The second kappa shape index (κ2) is 22.0. The summed E-state index contributed by atoms with van der Waals surface area (Å²) in [5.74, 6) is -3.65. The number of carbonyl (C=O) groups excluding carboxylic acids is 3. The number of methoxy groups -OCH3 is 1. The number of halogens is 1. The molecule has 0 radical (unpaired) electrons. The topological polar surface area (TPSA) is 317 Å². The first-order valence-corrected chi connectivity index (χ1v) is 28.6. The van der Waals surface area contributed by atoms with Crippen LogP contribution in [0.3, 0.4) is 0 Å². The lowest BCUT2D eigenvalue weighted by molar-refractivity contribution is -0.197. The summed E-state index contributed by atoms with van der Waals surface area (Å²) < 4.78 is 151. The van der Waals surface area contributed by atoms with Gasteiger partial charge in [-0.1, -0.05) is 19.9 Å². The summed E-state index contributed by atoms with van der Waals surface area (Å²) in [4.78, 5) is 47.9. The maximum absolute atomic E-state index is 12.8.